The summed E-state index contributed by atoms with van der Waals surface area (Å²) in [6.45, 7) is 2.93. The van der Waals surface area contributed by atoms with E-state index in [4.69, 9.17) is 11.6 Å². The third-order valence-corrected chi connectivity index (χ3v) is 3.21. The summed E-state index contributed by atoms with van der Waals surface area (Å²) in [7, 11) is 1.72. The summed E-state index contributed by atoms with van der Waals surface area (Å²) < 4.78 is 13.3. The molecular weight excluding hydrogens is 281 g/mol. The zero-order chi connectivity index (χ0) is 14.5. The van der Waals surface area contributed by atoms with E-state index in [2.05, 4.69) is 27.7 Å². The SMILES string of the molecule is CCCNC(Cc1nnn(C)n1)c1ccc(F)c(Cl)c1. The summed E-state index contributed by atoms with van der Waals surface area (Å²) >= 11 is 5.85. The van der Waals surface area contributed by atoms with Crippen LogP contribution >= 0.6 is 11.6 Å². The van der Waals surface area contributed by atoms with Crippen molar-refractivity contribution in [3.63, 3.8) is 0 Å². The number of hydrogen-bond donors (Lipinski definition) is 1. The average molecular weight is 298 g/mol. The maximum atomic E-state index is 13.3. The number of aromatic nitrogens is 4. The van der Waals surface area contributed by atoms with E-state index in [0.717, 1.165) is 18.5 Å². The highest BCUT2D eigenvalue weighted by molar-refractivity contribution is 6.30. The van der Waals surface area contributed by atoms with Gasteiger partial charge in [0.25, 0.3) is 0 Å². The van der Waals surface area contributed by atoms with E-state index in [1.807, 2.05) is 0 Å². The second-order valence-corrected chi connectivity index (χ2v) is 4.99. The molecule has 2 aromatic rings. The third-order valence-electron chi connectivity index (χ3n) is 2.92. The van der Waals surface area contributed by atoms with Crippen LogP contribution in [-0.4, -0.2) is 26.8 Å². The lowest BCUT2D eigenvalue weighted by molar-refractivity contribution is 0.515. The highest BCUT2D eigenvalue weighted by atomic mass is 35.5. The van der Waals surface area contributed by atoms with E-state index in [1.54, 1.807) is 19.2 Å². The molecule has 0 aliphatic heterocycles. The van der Waals surface area contributed by atoms with E-state index >= 15 is 0 Å². The van der Waals surface area contributed by atoms with Crippen molar-refractivity contribution in [3.8, 4) is 0 Å². The van der Waals surface area contributed by atoms with E-state index in [1.165, 1.54) is 10.9 Å². The Labute approximate surface area is 122 Å². The monoisotopic (exact) mass is 297 g/mol. The largest absolute Gasteiger partial charge is 0.310 e. The molecule has 1 atom stereocenters. The number of rotatable bonds is 6. The van der Waals surface area contributed by atoms with Gasteiger partial charge >= 0.3 is 0 Å². The minimum atomic E-state index is -0.415. The van der Waals surface area contributed by atoms with Gasteiger partial charge in [-0.1, -0.05) is 24.6 Å². The van der Waals surface area contributed by atoms with Crippen LogP contribution in [0.5, 0.6) is 0 Å². The number of nitrogens with zero attached hydrogens (tertiary/aromatic N) is 4. The average Bonchev–Trinajstić information content (AvgIpc) is 2.83. The molecule has 0 saturated heterocycles. The van der Waals surface area contributed by atoms with Crippen LogP contribution in [0.25, 0.3) is 0 Å². The van der Waals surface area contributed by atoms with Gasteiger partial charge in [0.05, 0.1) is 12.1 Å². The molecule has 0 aliphatic rings. The van der Waals surface area contributed by atoms with Crippen molar-refractivity contribution in [1.29, 1.82) is 0 Å². The summed E-state index contributed by atoms with van der Waals surface area (Å²) in [6.07, 6.45) is 1.58. The lowest BCUT2D eigenvalue weighted by Gasteiger charge is -2.17. The Hall–Kier alpha value is -1.53. The smallest absolute Gasteiger partial charge is 0.176 e. The quantitative estimate of drug-likeness (QED) is 0.889. The molecular formula is C13H17ClFN5. The summed E-state index contributed by atoms with van der Waals surface area (Å²) in [5.41, 5.74) is 0.914. The third kappa shape index (κ3) is 3.74. The van der Waals surface area contributed by atoms with Crippen LogP contribution < -0.4 is 5.32 Å². The minimum absolute atomic E-state index is 0.0164. The van der Waals surface area contributed by atoms with E-state index in [-0.39, 0.29) is 11.1 Å². The van der Waals surface area contributed by atoms with Crippen molar-refractivity contribution >= 4 is 11.6 Å². The van der Waals surface area contributed by atoms with Crippen LogP contribution in [0.4, 0.5) is 4.39 Å². The Balaban J connectivity index is 2.19. The normalized spacial score (nSPS) is 12.6. The highest BCUT2D eigenvalue weighted by Crippen LogP contribution is 2.22. The maximum absolute atomic E-state index is 13.3. The van der Waals surface area contributed by atoms with Crippen LogP contribution in [0, 0.1) is 5.82 Å². The summed E-state index contributed by atoms with van der Waals surface area (Å²) in [5.74, 6) is 0.226. The predicted octanol–water partition coefficient (Wildman–Crippen LogP) is 2.29. The van der Waals surface area contributed by atoms with Gasteiger partial charge in [-0.05, 0) is 35.9 Å². The number of nitrogens with one attached hydrogen (secondary N) is 1. The summed E-state index contributed by atoms with van der Waals surface area (Å²) in [4.78, 5) is 1.42. The fourth-order valence-corrected chi connectivity index (χ4v) is 2.13. The molecule has 5 nitrogen and oxygen atoms in total. The van der Waals surface area contributed by atoms with Gasteiger partial charge < -0.3 is 5.32 Å². The molecule has 1 heterocycles. The number of tetrazole rings is 1. The van der Waals surface area contributed by atoms with Crippen molar-refractivity contribution in [2.75, 3.05) is 6.54 Å². The molecule has 20 heavy (non-hydrogen) atoms. The topological polar surface area (TPSA) is 55.6 Å². The molecule has 0 amide bonds. The fourth-order valence-electron chi connectivity index (χ4n) is 1.94. The molecule has 0 aliphatic carbocycles. The van der Waals surface area contributed by atoms with Crippen molar-refractivity contribution in [3.05, 3.63) is 40.4 Å². The van der Waals surface area contributed by atoms with Crippen LogP contribution in [0.3, 0.4) is 0 Å². The van der Waals surface area contributed by atoms with Crippen LogP contribution in [0.1, 0.15) is 30.8 Å². The lowest BCUT2D eigenvalue weighted by Crippen LogP contribution is -2.24. The Morgan fingerprint density at radius 1 is 1.45 bits per heavy atom. The molecule has 1 aromatic carbocycles. The van der Waals surface area contributed by atoms with Crippen molar-refractivity contribution < 1.29 is 4.39 Å². The first-order valence-electron chi connectivity index (χ1n) is 6.51. The molecule has 0 radical (unpaired) electrons. The van der Waals surface area contributed by atoms with Gasteiger partial charge in [-0.25, -0.2) is 4.39 Å². The Morgan fingerprint density at radius 3 is 2.85 bits per heavy atom. The number of hydrogen-bond acceptors (Lipinski definition) is 4. The predicted molar refractivity (Wildman–Crippen MR) is 74.9 cm³/mol. The Bertz CT molecular complexity index is 572. The molecule has 1 N–H and O–H groups in total. The van der Waals surface area contributed by atoms with Crippen molar-refractivity contribution in [1.82, 2.24) is 25.5 Å². The summed E-state index contributed by atoms with van der Waals surface area (Å²) in [5, 5.41) is 15.5. The molecule has 0 bridgehead atoms. The van der Waals surface area contributed by atoms with Crippen LogP contribution in [0.2, 0.25) is 5.02 Å². The number of aryl methyl sites for hydroxylation is 1. The molecule has 1 unspecified atom stereocenters. The fraction of sp³-hybridized carbons (Fsp3) is 0.462. The first kappa shape index (κ1) is 14.9. The van der Waals surface area contributed by atoms with Gasteiger partial charge in [-0.15, -0.1) is 10.2 Å². The molecule has 108 valence electrons. The number of benzene rings is 1. The van der Waals surface area contributed by atoms with Crippen LogP contribution in [0.15, 0.2) is 18.2 Å². The van der Waals surface area contributed by atoms with Gasteiger partial charge in [0.1, 0.15) is 5.82 Å². The Morgan fingerprint density at radius 2 is 2.25 bits per heavy atom. The molecule has 0 saturated carbocycles. The lowest BCUT2D eigenvalue weighted by atomic mass is 10.0. The molecule has 0 spiro atoms. The van der Waals surface area contributed by atoms with Gasteiger partial charge in [0.2, 0.25) is 0 Å². The van der Waals surface area contributed by atoms with Gasteiger partial charge in [0, 0.05) is 12.5 Å². The highest BCUT2D eigenvalue weighted by Gasteiger charge is 2.16. The van der Waals surface area contributed by atoms with Crippen LogP contribution in [-0.2, 0) is 13.5 Å². The maximum Gasteiger partial charge on any atom is 0.176 e. The Kier molecular flexibility index (Phi) is 5.03. The summed E-state index contributed by atoms with van der Waals surface area (Å²) in [6, 6.07) is 4.73. The van der Waals surface area contributed by atoms with Gasteiger partial charge in [0.15, 0.2) is 5.82 Å². The first-order valence-corrected chi connectivity index (χ1v) is 6.89. The van der Waals surface area contributed by atoms with Gasteiger partial charge in [-0.3, -0.25) is 0 Å². The molecule has 1 aromatic heterocycles. The first-order chi connectivity index (χ1) is 9.60. The molecule has 7 heteroatoms. The second-order valence-electron chi connectivity index (χ2n) is 4.58. The number of halogens is 2. The standard InChI is InChI=1S/C13H17ClFN5/c1-3-6-16-12(8-13-17-19-20(2)18-13)9-4-5-11(15)10(14)7-9/h4-5,7,12,16H,3,6,8H2,1-2H3. The zero-order valence-corrected chi connectivity index (χ0v) is 12.2. The minimum Gasteiger partial charge on any atom is -0.310 e. The zero-order valence-electron chi connectivity index (χ0n) is 11.5. The van der Waals surface area contributed by atoms with Crippen molar-refractivity contribution in [2.24, 2.45) is 7.05 Å². The van der Waals surface area contributed by atoms with Crippen molar-refractivity contribution in [2.45, 2.75) is 25.8 Å². The van der Waals surface area contributed by atoms with E-state index < -0.39 is 5.82 Å². The van der Waals surface area contributed by atoms with E-state index in [9.17, 15) is 4.39 Å². The molecule has 2 rings (SSSR count). The van der Waals surface area contributed by atoms with E-state index in [0.29, 0.717) is 12.2 Å². The second kappa shape index (κ2) is 6.76. The van der Waals surface area contributed by atoms with Gasteiger partial charge in [-0.2, -0.15) is 4.80 Å². The molecule has 0 fully saturated rings.